The highest BCUT2D eigenvalue weighted by atomic mass is 16.5. The normalized spacial score (nSPS) is 28.4. The lowest BCUT2D eigenvalue weighted by Crippen LogP contribution is -2.31. The number of fused-ring (bicyclic) bond motifs is 1. The summed E-state index contributed by atoms with van der Waals surface area (Å²) in [4.78, 5) is 2.51. The van der Waals surface area contributed by atoms with Crippen molar-refractivity contribution in [2.75, 3.05) is 19.6 Å². The first-order chi connectivity index (χ1) is 9.41. The molecule has 1 saturated heterocycles. The molecule has 0 bridgehead atoms. The van der Waals surface area contributed by atoms with Gasteiger partial charge in [-0.2, -0.15) is 0 Å². The molecule has 1 fully saturated rings. The Hall–Kier alpha value is -1.06. The summed E-state index contributed by atoms with van der Waals surface area (Å²) in [5, 5.41) is 0. The van der Waals surface area contributed by atoms with Crippen LogP contribution in [0, 0.1) is 5.41 Å². The molecule has 0 radical (unpaired) electrons. The van der Waals surface area contributed by atoms with Crippen LogP contribution in [-0.4, -0.2) is 30.1 Å². The molecule has 2 N–H and O–H groups in total. The minimum Gasteiger partial charge on any atom is -0.487 e. The molecule has 3 heteroatoms. The maximum absolute atomic E-state index is 6.16. The predicted octanol–water partition coefficient (Wildman–Crippen LogP) is 2.57. The van der Waals surface area contributed by atoms with Crippen LogP contribution in [0.3, 0.4) is 0 Å². The van der Waals surface area contributed by atoms with Crippen LogP contribution < -0.4 is 10.5 Å². The molecule has 0 saturated carbocycles. The summed E-state index contributed by atoms with van der Waals surface area (Å²) in [6, 6.07) is 6.57. The number of nitrogens with two attached hydrogens (primary N) is 1. The van der Waals surface area contributed by atoms with Gasteiger partial charge in [0.05, 0.1) is 0 Å². The van der Waals surface area contributed by atoms with Crippen molar-refractivity contribution in [2.24, 2.45) is 11.1 Å². The summed E-state index contributed by atoms with van der Waals surface area (Å²) in [6.45, 7) is 10.6. The van der Waals surface area contributed by atoms with Crippen molar-refractivity contribution in [3.8, 4) is 5.75 Å². The van der Waals surface area contributed by atoms with E-state index in [1.54, 1.807) is 0 Å². The van der Waals surface area contributed by atoms with Gasteiger partial charge in [0, 0.05) is 25.1 Å². The third kappa shape index (κ3) is 2.57. The van der Waals surface area contributed by atoms with E-state index >= 15 is 0 Å². The van der Waals surface area contributed by atoms with Crippen LogP contribution >= 0.6 is 0 Å². The zero-order valence-electron chi connectivity index (χ0n) is 12.9. The van der Waals surface area contributed by atoms with Gasteiger partial charge in [-0.1, -0.05) is 25.1 Å². The molecule has 2 heterocycles. The molecule has 0 aliphatic carbocycles. The molecule has 1 aromatic carbocycles. The van der Waals surface area contributed by atoms with Crippen molar-refractivity contribution < 1.29 is 4.74 Å². The van der Waals surface area contributed by atoms with E-state index < -0.39 is 0 Å². The van der Waals surface area contributed by atoms with Crippen molar-refractivity contribution in [2.45, 2.75) is 45.8 Å². The molecule has 3 rings (SSSR count). The number of likely N-dealkylation sites (tertiary alicyclic amines) is 1. The molecular weight excluding hydrogens is 248 g/mol. The fraction of sp³-hybridized carbons (Fsp3) is 0.647. The first-order valence-corrected chi connectivity index (χ1v) is 7.63. The number of hydrogen-bond acceptors (Lipinski definition) is 3. The third-order valence-corrected chi connectivity index (χ3v) is 4.70. The topological polar surface area (TPSA) is 38.5 Å². The summed E-state index contributed by atoms with van der Waals surface area (Å²) in [5.41, 5.74) is 8.81. The van der Waals surface area contributed by atoms with Crippen molar-refractivity contribution in [1.29, 1.82) is 0 Å². The lowest BCUT2D eigenvalue weighted by molar-refractivity contribution is 0.135. The molecule has 1 unspecified atom stereocenters. The summed E-state index contributed by atoms with van der Waals surface area (Å²) >= 11 is 0. The number of ether oxygens (including phenoxy) is 1. The Morgan fingerprint density at radius 3 is 2.80 bits per heavy atom. The second kappa shape index (κ2) is 4.74. The van der Waals surface area contributed by atoms with E-state index in [1.807, 2.05) is 0 Å². The van der Waals surface area contributed by atoms with Gasteiger partial charge >= 0.3 is 0 Å². The monoisotopic (exact) mass is 274 g/mol. The Kier molecular flexibility index (Phi) is 3.30. The summed E-state index contributed by atoms with van der Waals surface area (Å²) in [5.74, 6) is 1.12. The summed E-state index contributed by atoms with van der Waals surface area (Å²) < 4.78 is 6.16. The van der Waals surface area contributed by atoms with Crippen LogP contribution in [0.25, 0.3) is 0 Å². The Labute approximate surface area is 122 Å². The van der Waals surface area contributed by atoms with Crippen LogP contribution in [0.1, 0.15) is 38.3 Å². The van der Waals surface area contributed by atoms with Crippen LogP contribution in [0.2, 0.25) is 0 Å². The first-order valence-electron chi connectivity index (χ1n) is 7.63. The van der Waals surface area contributed by atoms with Crippen LogP contribution in [-0.2, 0) is 13.0 Å². The molecule has 20 heavy (non-hydrogen) atoms. The van der Waals surface area contributed by atoms with E-state index in [1.165, 1.54) is 17.5 Å². The number of nitrogens with zero attached hydrogens (tertiary/aromatic N) is 1. The Balaban J connectivity index is 1.76. The second-order valence-corrected chi connectivity index (χ2v) is 7.42. The van der Waals surface area contributed by atoms with Crippen molar-refractivity contribution >= 4 is 0 Å². The predicted molar refractivity (Wildman–Crippen MR) is 81.9 cm³/mol. The average Bonchev–Trinajstić information content (AvgIpc) is 2.90. The number of hydrogen-bond donors (Lipinski definition) is 1. The van der Waals surface area contributed by atoms with E-state index in [0.717, 1.165) is 38.3 Å². The largest absolute Gasteiger partial charge is 0.487 e. The fourth-order valence-electron chi connectivity index (χ4n) is 3.47. The first kappa shape index (κ1) is 13.9. The minimum atomic E-state index is -0.0603. The molecule has 0 amide bonds. The Morgan fingerprint density at radius 1 is 1.30 bits per heavy atom. The van der Waals surface area contributed by atoms with E-state index in [-0.39, 0.29) is 11.0 Å². The molecule has 1 atom stereocenters. The average molecular weight is 274 g/mol. The molecule has 2 aliphatic rings. The van der Waals surface area contributed by atoms with E-state index in [0.29, 0.717) is 0 Å². The van der Waals surface area contributed by atoms with Crippen LogP contribution in [0.4, 0.5) is 0 Å². The van der Waals surface area contributed by atoms with Gasteiger partial charge in [-0.3, -0.25) is 4.90 Å². The molecule has 0 spiro atoms. The lowest BCUT2D eigenvalue weighted by Gasteiger charge is -2.23. The standard InChI is InChI=1S/C17H26N2O/c1-16(2)9-13-5-4-6-14(15(13)20-16)10-19-8-7-17(3,11-18)12-19/h4-6H,7-12,18H2,1-3H3. The van der Waals surface area contributed by atoms with E-state index in [4.69, 9.17) is 10.5 Å². The Bertz CT molecular complexity index is 512. The van der Waals surface area contributed by atoms with Gasteiger partial charge in [0.15, 0.2) is 0 Å². The van der Waals surface area contributed by atoms with Crippen molar-refractivity contribution in [1.82, 2.24) is 4.90 Å². The molecule has 1 aromatic rings. The molecule has 0 aromatic heterocycles. The third-order valence-electron chi connectivity index (χ3n) is 4.70. The zero-order valence-corrected chi connectivity index (χ0v) is 12.9. The van der Waals surface area contributed by atoms with Crippen LogP contribution in [0.15, 0.2) is 18.2 Å². The van der Waals surface area contributed by atoms with Gasteiger partial charge < -0.3 is 10.5 Å². The summed E-state index contributed by atoms with van der Waals surface area (Å²) in [6.07, 6.45) is 2.21. The van der Waals surface area contributed by atoms with Crippen molar-refractivity contribution in [3.63, 3.8) is 0 Å². The Morgan fingerprint density at radius 2 is 2.10 bits per heavy atom. The molecule has 3 nitrogen and oxygen atoms in total. The molecular formula is C17H26N2O. The number of rotatable bonds is 3. The quantitative estimate of drug-likeness (QED) is 0.920. The van der Waals surface area contributed by atoms with Gasteiger partial charge in [0.25, 0.3) is 0 Å². The van der Waals surface area contributed by atoms with Crippen LogP contribution in [0.5, 0.6) is 5.75 Å². The molecule has 110 valence electrons. The van der Waals surface area contributed by atoms with Gasteiger partial charge in [-0.15, -0.1) is 0 Å². The second-order valence-electron chi connectivity index (χ2n) is 7.42. The highest BCUT2D eigenvalue weighted by Gasteiger charge is 2.35. The SMILES string of the molecule is CC1(CN)CCN(Cc2cccc3c2OC(C)(C)C3)C1. The van der Waals surface area contributed by atoms with Crippen molar-refractivity contribution in [3.05, 3.63) is 29.3 Å². The maximum Gasteiger partial charge on any atom is 0.127 e. The highest BCUT2D eigenvalue weighted by Crippen LogP contribution is 2.39. The lowest BCUT2D eigenvalue weighted by atomic mass is 9.90. The maximum atomic E-state index is 6.16. The fourth-order valence-corrected chi connectivity index (χ4v) is 3.47. The van der Waals surface area contributed by atoms with Gasteiger partial charge in [-0.25, -0.2) is 0 Å². The summed E-state index contributed by atoms with van der Waals surface area (Å²) in [7, 11) is 0. The van der Waals surface area contributed by atoms with E-state index in [2.05, 4.69) is 43.9 Å². The highest BCUT2D eigenvalue weighted by molar-refractivity contribution is 5.45. The van der Waals surface area contributed by atoms with Gasteiger partial charge in [0.1, 0.15) is 11.4 Å². The zero-order chi connectivity index (χ0) is 14.4. The minimum absolute atomic E-state index is 0.0603. The van der Waals surface area contributed by atoms with E-state index in [9.17, 15) is 0 Å². The number of para-hydroxylation sites is 1. The number of benzene rings is 1. The smallest absolute Gasteiger partial charge is 0.127 e. The molecule has 2 aliphatic heterocycles. The van der Waals surface area contributed by atoms with Gasteiger partial charge in [0.2, 0.25) is 0 Å². The van der Waals surface area contributed by atoms with Gasteiger partial charge in [-0.05, 0) is 44.3 Å².